The molecule has 0 fully saturated rings. The number of hydrogen-bond donors (Lipinski definition) is 1. The molecule has 0 bridgehead atoms. The highest BCUT2D eigenvalue weighted by Crippen LogP contribution is 2.28. The minimum atomic E-state index is 0.300. The highest BCUT2D eigenvalue weighted by Gasteiger charge is 2.09. The van der Waals surface area contributed by atoms with E-state index in [9.17, 15) is 0 Å². The third-order valence-corrected chi connectivity index (χ3v) is 2.72. The summed E-state index contributed by atoms with van der Waals surface area (Å²) < 4.78 is 15.6. The largest absolute Gasteiger partial charge is 0.493 e. The van der Waals surface area contributed by atoms with Crippen LogP contribution in [-0.2, 0) is 13.2 Å². The minimum Gasteiger partial charge on any atom is -0.493 e. The Kier molecular flexibility index (Phi) is 4.35. The first kappa shape index (κ1) is 13.4. The van der Waals surface area contributed by atoms with E-state index >= 15 is 0 Å². The lowest BCUT2D eigenvalue weighted by atomic mass is 10.2. The monoisotopic (exact) mass is 263 g/mol. The molecular weight excluding hydrogens is 246 g/mol. The average Bonchev–Trinajstić information content (AvgIpc) is 2.82. The van der Waals surface area contributed by atoms with Gasteiger partial charge in [0.25, 0.3) is 0 Å². The van der Waals surface area contributed by atoms with Crippen LogP contribution in [-0.4, -0.2) is 24.5 Å². The molecule has 1 aromatic heterocycles. The lowest BCUT2D eigenvalue weighted by Gasteiger charge is -2.11. The summed E-state index contributed by atoms with van der Waals surface area (Å²) in [5.74, 6) is 1.37. The molecule has 0 saturated carbocycles. The molecule has 0 spiro atoms. The van der Waals surface area contributed by atoms with Crippen molar-refractivity contribution >= 4 is 0 Å². The van der Waals surface area contributed by atoms with E-state index in [4.69, 9.17) is 9.47 Å². The van der Waals surface area contributed by atoms with E-state index in [0.29, 0.717) is 23.8 Å². The second-order valence-corrected chi connectivity index (χ2v) is 4.10. The van der Waals surface area contributed by atoms with Crippen LogP contribution in [0.1, 0.15) is 17.0 Å². The average molecular weight is 263 g/mol. The van der Waals surface area contributed by atoms with Crippen molar-refractivity contribution in [1.82, 2.24) is 15.6 Å². The van der Waals surface area contributed by atoms with Crippen LogP contribution in [0, 0.1) is 6.92 Å². The van der Waals surface area contributed by atoms with Crippen LogP contribution >= 0.6 is 0 Å². The standard InChI is InChI=1S/C13H17N3O3/c1-9-11(16-19-15-9)8-18-13-6-10(7-14-2)4-5-12(13)17-3/h4-6,14H,7-8H2,1-3H3. The Labute approximate surface area is 111 Å². The molecule has 19 heavy (non-hydrogen) atoms. The van der Waals surface area contributed by atoms with E-state index in [1.54, 1.807) is 7.11 Å². The molecule has 6 heteroatoms. The predicted molar refractivity (Wildman–Crippen MR) is 69.1 cm³/mol. The number of rotatable bonds is 6. The lowest BCUT2D eigenvalue weighted by Crippen LogP contribution is -2.06. The van der Waals surface area contributed by atoms with Crippen LogP contribution in [0.2, 0.25) is 0 Å². The van der Waals surface area contributed by atoms with Gasteiger partial charge in [-0.05, 0) is 31.7 Å². The fourth-order valence-electron chi connectivity index (χ4n) is 1.67. The topological polar surface area (TPSA) is 69.4 Å². The number of nitrogens with one attached hydrogen (secondary N) is 1. The van der Waals surface area contributed by atoms with E-state index in [1.807, 2.05) is 32.2 Å². The molecule has 1 N–H and O–H groups in total. The third kappa shape index (κ3) is 3.23. The summed E-state index contributed by atoms with van der Waals surface area (Å²) in [7, 11) is 3.51. The highest BCUT2D eigenvalue weighted by atomic mass is 16.6. The molecule has 102 valence electrons. The van der Waals surface area contributed by atoms with Gasteiger partial charge in [0.1, 0.15) is 18.0 Å². The first-order chi connectivity index (χ1) is 9.24. The van der Waals surface area contributed by atoms with Gasteiger partial charge in [-0.1, -0.05) is 16.4 Å². The van der Waals surface area contributed by atoms with Gasteiger partial charge in [-0.2, -0.15) is 0 Å². The number of ether oxygens (including phenoxy) is 2. The van der Waals surface area contributed by atoms with E-state index in [0.717, 1.165) is 17.8 Å². The maximum absolute atomic E-state index is 5.72. The molecule has 1 aromatic carbocycles. The van der Waals surface area contributed by atoms with Gasteiger partial charge in [0.2, 0.25) is 0 Å². The smallest absolute Gasteiger partial charge is 0.162 e. The Hall–Kier alpha value is -2.08. The third-order valence-electron chi connectivity index (χ3n) is 2.72. The van der Waals surface area contributed by atoms with Gasteiger partial charge in [0.05, 0.1) is 7.11 Å². The quantitative estimate of drug-likeness (QED) is 0.855. The lowest BCUT2D eigenvalue weighted by molar-refractivity contribution is 0.260. The van der Waals surface area contributed by atoms with Crippen LogP contribution in [0.5, 0.6) is 11.5 Å². The van der Waals surface area contributed by atoms with Crippen LogP contribution in [0.25, 0.3) is 0 Å². The van der Waals surface area contributed by atoms with Crippen molar-refractivity contribution in [3.8, 4) is 11.5 Å². The van der Waals surface area contributed by atoms with E-state index < -0.39 is 0 Å². The van der Waals surface area contributed by atoms with Crippen molar-refractivity contribution in [3.63, 3.8) is 0 Å². The molecule has 0 unspecified atom stereocenters. The van der Waals surface area contributed by atoms with Crippen LogP contribution in [0.3, 0.4) is 0 Å². The number of hydrogen-bond acceptors (Lipinski definition) is 6. The minimum absolute atomic E-state index is 0.300. The summed E-state index contributed by atoms with van der Waals surface area (Å²) in [6.45, 7) is 2.89. The number of aromatic nitrogens is 2. The van der Waals surface area contributed by atoms with Crippen molar-refractivity contribution in [2.75, 3.05) is 14.2 Å². The zero-order valence-electron chi connectivity index (χ0n) is 11.3. The first-order valence-electron chi connectivity index (χ1n) is 5.97. The van der Waals surface area contributed by atoms with Crippen LogP contribution in [0.4, 0.5) is 0 Å². The van der Waals surface area contributed by atoms with Gasteiger partial charge >= 0.3 is 0 Å². The Morgan fingerprint density at radius 2 is 2.11 bits per heavy atom. The van der Waals surface area contributed by atoms with Gasteiger partial charge in [-0.25, -0.2) is 4.63 Å². The number of methoxy groups -OCH3 is 1. The normalized spacial score (nSPS) is 10.5. The van der Waals surface area contributed by atoms with Crippen molar-refractivity contribution in [1.29, 1.82) is 0 Å². The van der Waals surface area contributed by atoms with Crippen molar-refractivity contribution in [3.05, 3.63) is 35.2 Å². The fourth-order valence-corrected chi connectivity index (χ4v) is 1.67. The van der Waals surface area contributed by atoms with Gasteiger partial charge in [0, 0.05) is 6.54 Å². The molecule has 6 nitrogen and oxygen atoms in total. The van der Waals surface area contributed by atoms with Gasteiger partial charge in [0.15, 0.2) is 11.5 Å². The van der Waals surface area contributed by atoms with Gasteiger partial charge in [-0.15, -0.1) is 0 Å². The van der Waals surface area contributed by atoms with Crippen molar-refractivity contribution in [2.45, 2.75) is 20.1 Å². The fraction of sp³-hybridized carbons (Fsp3) is 0.385. The summed E-state index contributed by atoms with van der Waals surface area (Å²) in [6, 6.07) is 5.82. The van der Waals surface area contributed by atoms with Crippen molar-refractivity contribution < 1.29 is 14.1 Å². The second kappa shape index (κ2) is 6.19. The maximum Gasteiger partial charge on any atom is 0.162 e. The van der Waals surface area contributed by atoms with Crippen LogP contribution in [0.15, 0.2) is 22.8 Å². The number of aryl methyl sites for hydroxylation is 1. The molecule has 1 heterocycles. The van der Waals surface area contributed by atoms with Gasteiger partial charge < -0.3 is 14.8 Å². The van der Waals surface area contributed by atoms with E-state index in [2.05, 4.69) is 20.3 Å². The zero-order valence-corrected chi connectivity index (χ0v) is 11.3. The molecule has 0 amide bonds. The predicted octanol–water partition coefficient (Wildman–Crippen LogP) is 1.69. The number of nitrogens with zero attached hydrogens (tertiary/aromatic N) is 2. The molecule has 0 saturated heterocycles. The van der Waals surface area contributed by atoms with Crippen LogP contribution < -0.4 is 14.8 Å². The Morgan fingerprint density at radius 3 is 2.74 bits per heavy atom. The highest BCUT2D eigenvalue weighted by molar-refractivity contribution is 5.43. The zero-order chi connectivity index (χ0) is 13.7. The van der Waals surface area contributed by atoms with Gasteiger partial charge in [-0.3, -0.25) is 0 Å². The molecule has 2 aromatic rings. The molecule has 2 rings (SSSR count). The molecule has 0 aliphatic rings. The molecule has 0 aliphatic heterocycles. The summed E-state index contributed by atoms with van der Waals surface area (Å²) in [5.41, 5.74) is 2.53. The van der Waals surface area contributed by atoms with E-state index in [1.165, 1.54) is 0 Å². The molecular formula is C13H17N3O3. The summed E-state index contributed by atoms with van der Waals surface area (Å²) >= 11 is 0. The Balaban J connectivity index is 2.13. The SMILES string of the molecule is CNCc1ccc(OC)c(OCc2nonc2C)c1. The summed E-state index contributed by atoms with van der Waals surface area (Å²) in [4.78, 5) is 0. The van der Waals surface area contributed by atoms with E-state index in [-0.39, 0.29) is 0 Å². The Bertz CT molecular complexity index is 540. The second-order valence-electron chi connectivity index (χ2n) is 4.10. The first-order valence-corrected chi connectivity index (χ1v) is 5.97. The Morgan fingerprint density at radius 1 is 1.26 bits per heavy atom. The summed E-state index contributed by atoms with van der Waals surface area (Å²) in [6.07, 6.45) is 0. The molecule has 0 aliphatic carbocycles. The molecule has 0 radical (unpaired) electrons. The van der Waals surface area contributed by atoms with Crippen molar-refractivity contribution in [2.24, 2.45) is 0 Å². The maximum atomic E-state index is 5.72. The number of benzene rings is 1. The molecule has 0 atom stereocenters. The summed E-state index contributed by atoms with van der Waals surface area (Å²) in [5, 5.41) is 10.6.